The second kappa shape index (κ2) is 27.6. The highest BCUT2D eigenvalue weighted by atomic mass is 28.3. The fourth-order valence-electron chi connectivity index (χ4n) is 11.0. The number of nitrogens with one attached hydrogen (secondary N) is 1. The summed E-state index contributed by atoms with van der Waals surface area (Å²) in [6, 6.07) is 30.8. The van der Waals surface area contributed by atoms with Gasteiger partial charge in [0, 0.05) is 88.0 Å². The average molecular weight is 1120 g/mol. The molecule has 5 aromatic carbocycles. The van der Waals surface area contributed by atoms with Crippen molar-refractivity contribution in [3.8, 4) is 17.2 Å². The van der Waals surface area contributed by atoms with E-state index in [2.05, 4.69) is 73.3 Å². The van der Waals surface area contributed by atoms with Gasteiger partial charge in [0.15, 0.2) is 11.5 Å². The number of nitrogens with zero attached hydrogens (tertiary/aromatic N) is 4. The van der Waals surface area contributed by atoms with Crippen LogP contribution in [0, 0.1) is 6.92 Å². The number of aryl methyl sites for hydroxylation is 2. The number of anilines is 3. The van der Waals surface area contributed by atoms with Crippen molar-refractivity contribution in [1.82, 2.24) is 5.48 Å². The molecule has 4 aliphatic heterocycles. The quantitative estimate of drug-likeness (QED) is 0.0274. The summed E-state index contributed by atoms with van der Waals surface area (Å²) in [6.07, 6.45) is 7.98. The molecule has 2 atom stereocenters. The van der Waals surface area contributed by atoms with Crippen molar-refractivity contribution >= 4 is 60.7 Å². The first-order chi connectivity index (χ1) is 39.3. The fraction of sp³-hybridized carbons (Fsp3) is 0.453. The Morgan fingerprint density at radius 1 is 0.704 bits per heavy atom. The highest BCUT2D eigenvalue weighted by molar-refractivity contribution is 6.76. The van der Waals surface area contributed by atoms with Crippen LogP contribution in [-0.4, -0.2) is 110 Å². The molecular weight excluding hydrogens is 1040 g/mol. The van der Waals surface area contributed by atoms with Crippen molar-refractivity contribution in [2.24, 2.45) is 4.99 Å². The van der Waals surface area contributed by atoms with E-state index in [0.717, 1.165) is 82.2 Å². The third-order valence-corrected chi connectivity index (χ3v) is 17.0. The number of carbonyl (C=O) groups is 4. The summed E-state index contributed by atoms with van der Waals surface area (Å²) in [5.74, 6) is 1.61. The van der Waals surface area contributed by atoms with E-state index < -0.39 is 14.2 Å². The Labute approximate surface area is 478 Å². The van der Waals surface area contributed by atoms with Gasteiger partial charge < -0.3 is 38.2 Å². The second-order valence-corrected chi connectivity index (χ2v) is 28.3. The molecule has 0 bridgehead atoms. The molecule has 0 saturated carbocycles. The summed E-state index contributed by atoms with van der Waals surface area (Å²) in [5.41, 5.74) is 12.7. The first-order valence-electron chi connectivity index (χ1n) is 28.8. The topological polar surface area (TPSA) is 167 Å². The number of Topliss-reactive ketones (excluding diaryl/α,β-unsaturated/α-hetero) is 1. The van der Waals surface area contributed by atoms with Crippen LogP contribution in [0.3, 0.4) is 0 Å². The van der Waals surface area contributed by atoms with Gasteiger partial charge in [0.25, 0.3) is 11.8 Å². The SMILES string of the molecule is CCCOCCOCCN(CCCC(=O)CCCCONC(=O)OCC[Si](C)(C)C)c1cc(COc2cc3c(cc2C)C(=O)N2c4ccccc4C[C@H]2CC3)cc(COc2cc3c(cc2OC)C(=O)N2c4ccccc4C[C@H]2C=N3)c1. The molecule has 0 spiro atoms. The summed E-state index contributed by atoms with van der Waals surface area (Å²) < 4.78 is 36.3. The highest BCUT2D eigenvalue weighted by Gasteiger charge is 2.38. The number of carbonyl (C=O) groups excluding carboxylic acids is 4. The first kappa shape index (κ1) is 58.6. The van der Waals surface area contributed by atoms with E-state index in [1.807, 2.05) is 65.4 Å². The van der Waals surface area contributed by atoms with Gasteiger partial charge in [-0.1, -0.05) is 63.0 Å². The number of amides is 3. The maximum absolute atomic E-state index is 14.2. The average Bonchev–Trinajstić information content (AvgIpc) is 3.89. The Bertz CT molecular complexity index is 3070. The number of para-hydroxylation sites is 2. The van der Waals surface area contributed by atoms with Crippen molar-refractivity contribution < 1.29 is 52.4 Å². The Hall–Kier alpha value is -7.05. The van der Waals surface area contributed by atoms with Gasteiger partial charge in [-0.15, -0.1) is 0 Å². The molecule has 16 nitrogen and oxygen atoms in total. The highest BCUT2D eigenvalue weighted by Crippen LogP contribution is 2.42. The van der Waals surface area contributed by atoms with Crippen molar-refractivity contribution in [2.75, 3.05) is 74.5 Å². The smallest absolute Gasteiger partial charge is 0.431 e. The fourth-order valence-corrected chi connectivity index (χ4v) is 11.7. The summed E-state index contributed by atoms with van der Waals surface area (Å²) in [6.45, 7) is 14.9. The Morgan fingerprint density at radius 3 is 2.14 bits per heavy atom. The van der Waals surface area contributed by atoms with E-state index >= 15 is 0 Å². The Morgan fingerprint density at radius 2 is 1.40 bits per heavy atom. The Kier molecular flexibility index (Phi) is 20.0. The molecule has 0 aromatic heterocycles. The maximum Gasteiger partial charge on any atom is 0.431 e. The Balaban J connectivity index is 0.918. The molecule has 0 radical (unpaired) electrons. The molecule has 4 aliphatic rings. The first-order valence-corrected chi connectivity index (χ1v) is 32.6. The van der Waals surface area contributed by atoms with Crippen LogP contribution in [0.4, 0.5) is 27.5 Å². The zero-order valence-electron chi connectivity index (χ0n) is 48.0. The largest absolute Gasteiger partial charge is 0.493 e. The van der Waals surface area contributed by atoms with Crippen LogP contribution in [0.15, 0.2) is 96.0 Å². The molecule has 3 amide bonds. The second-order valence-electron chi connectivity index (χ2n) is 22.6. The minimum atomic E-state index is -1.32. The van der Waals surface area contributed by atoms with Crippen molar-refractivity contribution in [3.63, 3.8) is 0 Å². The van der Waals surface area contributed by atoms with Gasteiger partial charge in [0.05, 0.1) is 57.4 Å². The predicted octanol–water partition coefficient (Wildman–Crippen LogP) is 11.7. The van der Waals surface area contributed by atoms with Crippen molar-refractivity contribution in [2.45, 2.75) is 129 Å². The number of fused-ring (bicyclic) bond motifs is 8. The lowest BCUT2D eigenvalue weighted by Gasteiger charge is -2.26. The maximum atomic E-state index is 14.2. The van der Waals surface area contributed by atoms with Crippen LogP contribution in [0.25, 0.3) is 0 Å². The van der Waals surface area contributed by atoms with Crippen LogP contribution in [-0.2, 0) is 56.3 Å². The van der Waals surface area contributed by atoms with Gasteiger partial charge in [-0.25, -0.2) is 4.79 Å². The van der Waals surface area contributed by atoms with Gasteiger partial charge in [-0.05, 0) is 140 Å². The molecule has 430 valence electrons. The molecule has 81 heavy (non-hydrogen) atoms. The lowest BCUT2D eigenvalue weighted by Crippen LogP contribution is -2.37. The van der Waals surface area contributed by atoms with Crippen LogP contribution < -0.4 is 34.4 Å². The number of unbranched alkanes of at least 4 members (excludes halogenated alkanes) is 1. The molecule has 0 saturated heterocycles. The molecule has 4 heterocycles. The number of hydrogen-bond acceptors (Lipinski definition) is 13. The monoisotopic (exact) mass is 1120 g/mol. The molecule has 0 unspecified atom stereocenters. The van der Waals surface area contributed by atoms with E-state index in [-0.39, 0.29) is 49.5 Å². The molecule has 0 fully saturated rings. The van der Waals surface area contributed by atoms with Crippen molar-refractivity contribution in [3.05, 3.63) is 136 Å². The number of rotatable bonds is 29. The van der Waals surface area contributed by atoms with Crippen LogP contribution in [0.1, 0.15) is 106 Å². The minimum Gasteiger partial charge on any atom is -0.493 e. The molecular formula is C64H79N5O11Si. The van der Waals surface area contributed by atoms with Gasteiger partial charge >= 0.3 is 6.09 Å². The molecule has 0 aliphatic carbocycles. The third-order valence-electron chi connectivity index (χ3n) is 15.3. The van der Waals surface area contributed by atoms with Gasteiger partial charge in [-0.2, -0.15) is 5.48 Å². The molecule has 5 aromatic rings. The van der Waals surface area contributed by atoms with Gasteiger partial charge in [0.1, 0.15) is 24.7 Å². The van der Waals surface area contributed by atoms with E-state index in [1.165, 1.54) is 5.56 Å². The lowest BCUT2D eigenvalue weighted by molar-refractivity contribution is -0.119. The van der Waals surface area contributed by atoms with E-state index in [4.69, 9.17) is 38.3 Å². The van der Waals surface area contributed by atoms with E-state index in [9.17, 15) is 19.2 Å². The summed E-state index contributed by atoms with van der Waals surface area (Å²) in [7, 11) is 0.245. The van der Waals surface area contributed by atoms with E-state index in [1.54, 1.807) is 19.2 Å². The van der Waals surface area contributed by atoms with E-state index in [0.29, 0.717) is 113 Å². The third kappa shape index (κ3) is 15.1. The zero-order chi connectivity index (χ0) is 56.9. The number of hydroxylamine groups is 1. The van der Waals surface area contributed by atoms with Gasteiger partial charge in [0.2, 0.25) is 0 Å². The normalized spacial score (nSPS) is 15.9. The molecule has 9 rings (SSSR count). The van der Waals surface area contributed by atoms with Crippen LogP contribution in [0.5, 0.6) is 17.2 Å². The number of methoxy groups -OCH3 is 1. The zero-order valence-corrected chi connectivity index (χ0v) is 49.0. The summed E-state index contributed by atoms with van der Waals surface area (Å²) in [5, 5.41) is 0. The summed E-state index contributed by atoms with van der Waals surface area (Å²) in [4.78, 5) is 70.0. The number of hydrogen-bond donors (Lipinski definition) is 1. The lowest BCUT2D eigenvalue weighted by atomic mass is 9.98. The molecule has 17 heteroatoms. The van der Waals surface area contributed by atoms with Gasteiger partial charge in [-0.3, -0.25) is 29.1 Å². The number of benzene rings is 5. The van der Waals surface area contributed by atoms with Crippen LogP contribution in [0.2, 0.25) is 25.7 Å². The number of ketones is 1. The summed E-state index contributed by atoms with van der Waals surface area (Å²) >= 11 is 0. The predicted molar refractivity (Wildman–Crippen MR) is 318 cm³/mol. The minimum absolute atomic E-state index is 0.0326. The molecule has 1 N–H and O–H groups in total. The van der Waals surface area contributed by atoms with Crippen molar-refractivity contribution in [1.29, 1.82) is 0 Å². The number of aliphatic imine (C=N–C) groups is 1. The number of ether oxygens (including phenoxy) is 6. The van der Waals surface area contributed by atoms with Crippen LogP contribution >= 0.6 is 0 Å². The standard InChI is InChI=1S/C64H79N5O11Si/c1-7-25-75-28-29-76-27-24-67(23-14-18-53(70)17-12-13-26-80-66-64(73)77-30-31-81(4,5)6)51-34-45(42-78-59-38-47-21-22-50-36-48-15-8-10-19-57(48)68(50)62(71)54(47)32-44(59)2)33-46(35-51)43-79-61-40-56-55(39-60(61)74-3)63(72)69-52(41-65-56)37-49-16-9-11-20-58(49)69/h8-11,15-16,19-20,32-35,38-41,50,52H,7,12-14,17-18,21-31,36-37,42-43H2,1-6H3,(H,66,73)/t50-,52+/m1/s1.